The van der Waals surface area contributed by atoms with Crippen LogP contribution in [-0.4, -0.2) is 77.9 Å². The second kappa shape index (κ2) is 11.5. The fraction of sp³-hybridized carbons (Fsp3) is 0.391. The molecule has 3 rings (SSSR count). The summed E-state index contributed by atoms with van der Waals surface area (Å²) in [5.41, 5.74) is 0.823. The van der Waals surface area contributed by atoms with Gasteiger partial charge < -0.3 is 24.8 Å². The molecule has 2 aromatic carbocycles. The average Bonchev–Trinajstić information content (AvgIpc) is 2.83. The normalized spacial score (nSPS) is 24.9. The predicted octanol–water partition coefficient (Wildman–Crippen LogP) is 0.946. The number of hydrogen-bond acceptors (Lipinski definition) is 8. The van der Waals surface area contributed by atoms with Crippen LogP contribution in [0.3, 0.4) is 0 Å². The fourth-order valence-corrected chi connectivity index (χ4v) is 4.37. The number of carbonyl (C=O) groups excluding carboxylic acids is 2. The minimum Gasteiger partial charge on any atom is -0.376 e. The number of benzene rings is 2. The highest BCUT2D eigenvalue weighted by atomic mass is 32.2. The molecular weight excluding hydrogens is 464 g/mol. The monoisotopic (exact) mass is 492 g/mol. The first kappa shape index (κ1) is 25.8. The van der Waals surface area contributed by atoms with E-state index in [4.69, 9.17) is 18.4 Å². The largest absolute Gasteiger partial charge is 0.376 e. The van der Waals surface area contributed by atoms with Crippen molar-refractivity contribution in [2.24, 2.45) is 0 Å². The van der Waals surface area contributed by atoms with Crippen molar-refractivity contribution in [1.29, 1.82) is 0 Å². The van der Waals surface area contributed by atoms with Crippen molar-refractivity contribution < 1.29 is 36.4 Å². The molecule has 1 saturated heterocycles. The van der Waals surface area contributed by atoms with Gasteiger partial charge in [0.1, 0.15) is 24.4 Å². The van der Waals surface area contributed by atoms with Gasteiger partial charge in [0.15, 0.2) is 6.29 Å². The van der Waals surface area contributed by atoms with Crippen LogP contribution in [0.25, 0.3) is 0 Å². The standard InChI is InChI=1S/C23H28N2O8S/c1-30-20-18(25-22(27)16-12-8-5-9-13-16)23(31-2)32-17(19(20)33-34(3,28)29)14-24-21(26)15-10-6-4-7-11-15/h4-13,17-20,23H,14H2,1-3H3,(H,24,26)(H,25,27)/t17-,18-,19-,20-,23-/m1/s1. The van der Waals surface area contributed by atoms with Crippen LogP contribution >= 0.6 is 0 Å². The summed E-state index contributed by atoms with van der Waals surface area (Å²) in [4.78, 5) is 25.3. The maximum atomic E-state index is 12.8. The second-order valence-corrected chi connectivity index (χ2v) is 9.29. The Morgan fingerprint density at radius 1 is 0.882 bits per heavy atom. The number of hydrogen-bond donors (Lipinski definition) is 2. The van der Waals surface area contributed by atoms with Crippen molar-refractivity contribution >= 4 is 21.9 Å². The van der Waals surface area contributed by atoms with Crippen LogP contribution < -0.4 is 10.6 Å². The zero-order valence-corrected chi connectivity index (χ0v) is 19.9. The van der Waals surface area contributed by atoms with Crippen molar-refractivity contribution in [2.45, 2.75) is 30.6 Å². The summed E-state index contributed by atoms with van der Waals surface area (Å²) in [7, 11) is -1.20. The van der Waals surface area contributed by atoms with E-state index in [1.54, 1.807) is 60.7 Å². The Bertz CT molecular complexity index is 1060. The van der Waals surface area contributed by atoms with Crippen molar-refractivity contribution in [1.82, 2.24) is 10.6 Å². The van der Waals surface area contributed by atoms with Gasteiger partial charge in [0, 0.05) is 31.9 Å². The van der Waals surface area contributed by atoms with Gasteiger partial charge in [0.05, 0.1) is 6.26 Å². The highest BCUT2D eigenvalue weighted by Gasteiger charge is 2.49. The predicted molar refractivity (Wildman–Crippen MR) is 123 cm³/mol. The maximum absolute atomic E-state index is 12.8. The van der Waals surface area contributed by atoms with E-state index >= 15 is 0 Å². The van der Waals surface area contributed by atoms with Gasteiger partial charge in [0.25, 0.3) is 21.9 Å². The number of carbonyl (C=O) groups is 2. The van der Waals surface area contributed by atoms with Gasteiger partial charge in [-0.2, -0.15) is 8.42 Å². The Morgan fingerprint density at radius 3 is 1.94 bits per heavy atom. The highest BCUT2D eigenvalue weighted by molar-refractivity contribution is 7.86. The van der Waals surface area contributed by atoms with E-state index in [2.05, 4.69) is 10.6 Å². The van der Waals surface area contributed by atoms with Crippen LogP contribution in [0.1, 0.15) is 20.7 Å². The van der Waals surface area contributed by atoms with Crippen molar-refractivity contribution in [3.8, 4) is 0 Å². The third-order valence-corrected chi connectivity index (χ3v) is 5.84. The zero-order valence-electron chi connectivity index (χ0n) is 19.0. The first-order chi connectivity index (χ1) is 16.2. The zero-order chi connectivity index (χ0) is 24.7. The summed E-state index contributed by atoms with van der Waals surface area (Å²) in [6.45, 7) is -0.0903. The van der Waals surface area contributed by atoms with Gasteiger partial charge in [-0.15, -0.1) is 0 Å². The van der Waals surface area contributed by atoms with E-state index in [0.29, 0.717) is 11.1 Å². The SMILES string of the molecule is CO[C@@H]1O[C@H](CNC(=O)c2ccccc2)[C@@H](OS(C)(=O)=O)[C@H](OC)[C@H]1NC(=O)c1ccccc1. The van der Waals surface area contributed by atoms with Gasteiger partial charge in [-0.1, -0.05) is 36.4 Å². The van der Waals surface area contributed by atoms with Gasteiger partial charge in [-0.25, -0.2) is 0 Å². The summed E-state index contributed by atoms with van der Waals surface area (Å²) in [5, 5.41) is 5.51. The van der Waals surface area contributed by atoms with E-state index in [-0.39, 0.29) is 12.5 Å². The number of ether oxygens (including phenoxy) is 3. The quantitative estimate of drug-likeness (QED) is 0.495. The van der Waals surface area contributed by atoms with Gasteiger partial charge >= 0.3 is 0 Å². The third-order valence-electron chi connectivity index (χ3n) is 5.27. The summed E-state index contributed by atoms with van der Waals surface area (Å²) < 4.78 is 46.3. The molecule has 34 heavy (non-hydrogen) atoms. The van der Waals surface area contributed by atoms with Crippen molar-refractivity contribution in [3.05, 3.63) is 71.8 Å². The number of amides is 2. The lowest BCUT2D eigenvalue weighted by Crippen LogP contribution is -2.66. The van der Waals surface area contributed by atoms with Gasteiger partial charge in [0.2, 0.25) is 0 Å². The first-order valence-corrected chi connectivity index (χ1v) is 12.3. The Kier molecular flexibility index (Phi) is 8.75. The van der Waals surface area contributed by atoms with Crippen LogP contribution in [0.2, 0.25) is 0 Å². The van der Waals surface area contributed by atoms with E-state index in [1.807, 2.05) is 0 Å². The third kappa shape index (κ3) is 6.61. The molecular formula is C23H28N2O8S. The highest BCUT2D eigenvalue weighted by Crippen LogP contribution is 2.27. The summed E-state index contributed by atoms with van der Waals surface area (Å²) in [6, 6.07) is 16.1. The lowest BCUT2D eigenvalue weighted by molar-refractivity contribution is -0.252. The topological polar surface area (TPSA) is 129 Å². The molecule has 5 atom stereocenters. The Labute approximate surface area is 198 Å². The van der Waals surface area contributed by atoms with Crippen molar-refractivity contribution in [2.75, 3.05) is 27.0 Å². The molecule has 1 aliphatic heterocycles. The molecule has 0 bridgehead atoms. The molecule has 2 aromatic rings. The fourth-order valence-electron chi connectivity index (χ4n) is 3.73. The number of rotatable bonds is 9. The Balaban J connectivity index is 1.83. The molecule has 184 valence electrons. The summed E-state index contributed by atoms with van der Waals surface area (Å²) >= 11 is 0. The maximum Gasteiger partial charge on any atom is 0.264 e. The van der Waals surface area contributed by atoms with E-state index in [0.717, 1.165) is 6.26 Å². The molecule has 0 aromatic heterocycles. The van der Waals surface area contributed by atoms with Crippen LogP contribution in [0.4, 0.5) is 0 Å². The van der Waals surface area contributed by atoms with Gasteiger partial charge in [-0.05, 0) is 24.3 Å². The molecule has 11 heteroatoms. The Morgan fingerprint density at radius 2 is 1.44 bits per heavy atom. The van der Waals surface area contributed by atoms with Crippen molar-refractivity contribution in [3.63, 3.8) is 0 Å². The van der Waals surface area contributed by atoms with Crippen LogP contribution in [-0.2, 0) is 28.5 Å². The molecule has 1 heterocycles. The molecule has 0 saturated carbocycles. The molecule has 0 radical (unpaired) electrons. The average molecular weight is 493 g/mol. The molecule has 10 nitrogen and oxygen atoms in total. The molecule has 0 aliphatic carbocycles. The minimum atomic E-state index is -3.94. The van der Waals surface area contributed by atoms with Crippen LogP contribution in [0.15, 0.2) is 60.7 Å². The van der Waals surface area contributed by atoms with E-state index in [9.17, 15) is 18.0 Å². The second-order valence-electron chi connectivity index (χ2n) is 7.69. The molecule has 2 N–H and O–H groups in total. The number of nitrogens with one attached hydrogen (secondary N) is 2. The molecule has 2 amide bonds. The van der Waals surface area contributed by atoms with Crippen LogP contribution in [0, 0.1) is 0 Å². The summed E-state index contributed by atoms with van der Waals surface area (Å²) in [5.74, 6) is -0.794. The molecule has 1 fully saturated rings. The first-order valence-electron chi connectivity index (χ1n) is 10.5. The molecule has 0 spiro atoms. The van der Waals surface area contributed by atoms with Crippen LogP contribution in [0.5, 0.6) is 0 Å². The van der Waals surface area contributed by atoms with Gasteiger partial charge in [-0.3, -0.25) is 13.8 Å². The molecule has 0 unspecified atom stereocenters. The lowest BCUT2D eigenvalue weighted by atomic mass is 9.95. The Hall–Kier alpha value is -2.83. The van der Waals surface area contributed by atoms with E-state index in [1.165, 1.54) is 14.2 Å². The minimum absolute atomic E-state index is 0.0903. The lowest BCUT2D eigenvalue weighted by Gasteiger charge is -2.45. The smallest absolute Gasteiger partial charge is 0.264 e. The summed E-state index contributed by atoms with van der Waals surface area (Å²) in [6.07, 6.45) is -3.21. The number of methoxy groups -OCH3 is 2. The van der Waals surface area contributed by atoms with E-state index < -0.39 is 46.7 Å². The molecule has 1 aliphatic rings.